The Morgan fingerprint density at radius 3 is 2.95 bits per heavy atom. The van der Waals surface area contributed by atoms with Crippen molar-refractivity contribution in [2.75, 3.05) is 18.9 Å². The average molecular weight is 296 g/mol. The molecule has 0 saturated carbocycles. The van der Waals surface area contributed by atoms with Crippen molar-refractivity contribution in [3.63, 3.8) is 0 Å². The van der Waals surface area contributed by atoms with Crippen molar-refractivity contribution in [2.24, 2.45) is 5.92 Å². The summed E-state index contributed by atoms with van der Waals surface area (Å²) in [6.45, 7) is 3.50. The quantitative estimate of drug-likeness (QED) is 0.927. The zero-order valence-corrected chi connectivity index (χ0v) is 12.9. The summed E-state index contributed by atoms with van der Waals surface area (Å²) in [5.41, 5.74) is 0.766. The molecule has 20 heavy (non-hydrogen) atoms. The summed E-state index contributed by atoms with van der Waals surface area (Å²) in [6.07, 6.45) is 3.87. The molecule has 1 aliphatic heterocycles. The van der Waals surface area contributed by atoms with Gasteiger partial charge in [0.1, 0.15) is 5.82 Å². The topological polar surface area (TPSA) is 45.2 Å². The van der Waals surface area contributed by atoms with Gasteiger partial charge in [0.2, 0.25) is 5.91 Å². The van der Waals surface area contributed by atoms with Gasteiger partial charge in [-0.1, -0.05) is 24.9 Å². The van der Waals surface area contributed by atoms with Gasteiger partial charge in [-0.25, -0.2) is 4.98 Å². The highest BCUT2D eigenvalue weighted by Gasteiger charge is 2.22. The highest BCUT2D eigenvalue weighted by atomic mass is 35.5. The van der Waals surface area contributed by atoms with E-state index >= 15 is 0 Å². The summed E-state index contributed by atoms with van der Waals surface area (Å²) in [5, 5.41) is 3.62. The number of hydrogen-bond acceptors (Lipinski definition) is 3. The summed E-state index contributed by atoms with van der Waals surface area (Å²) in [7, 11) is 1.82. The molecule has 1 aliphatic rings. The van der Waals surface area contributed by atoms with Crippen molar-refractivity contribution in [3.05, 3.63) is 22.8 Å². The molecule has 0 spiro atoms. The Bertz CT molecular complexity index is 478. The van der Waals surface area contributed by atoms with Crippen LogP contribution < -0.4 is 5.32 Å². The number of pyridine rings is 1. The van der Waals surface area contributed by atoms with Gasteiger partial charge >= 0.3 is 0 Å². The molecule has 0 bridgehead atoms. The van der Waals surface area contributed by atoms with Crippen molar-refractivity contribution in [2.45, 2.75) is 39.2 Å². The van der Waals surface area contributed by atoms with Crippen LogP contribution in [0.1, 0.15) is 38.3 Å². The highest BCUT2D eigenvalue weighted by molar-refractivity contribution is 6.31. The van der Waals surface area contributed by atoms with Crippen LogP contribution in [0, 0.1) is 5.92 Å². The maximum absolute atomic E-state index is 12.2. The SMILES string of the molecule is CCC1CCC(=O)N(Cc2nc(NC)ccc2Cl)CC1. The Hall–Kier alpha value is -1.29. The van der Waals surface area contributed by atoms with E-state index in [0.29, 0.717) is 23.9 Å². The van der Waals surface area contributed by atoms with E-state index in [0.717, 1.165) is 37.3 Å². The normalized spacial score (nSPS) is 19.9. The summed E-state index contributed by atoms with van der Waals surface area (Å²) in [6, 6.07) is 3.66. The lowest BCUT2D eigenvalue weighted by molar-refractivity contribution is -0.131. The lowest BCUT2D eigenvalue weighted by atomic mass is 9.98. The molecule has 1 unspecified atom stereocenters. The number of rotatable bonds is 4. The molecule has 0 aromatic carbocycles. The van der Waals surface area contributed by atoms with E-state index in [2.05, 4.69) is 17.2 Å². The van der Waals surface area contributed by atoms with Crippen LogP contribution in [-0.2, 0) is 11.3 Å². The van der Waals surface area contributed by atoms with E-state index in [1.165, 1.54) is 0 Å². The molecule has 4 nitrogen and oxygen atoms in total. The summed E-state index contributed by atoms with van der Waals surface area (Å²) in [5.74, 6) is 1.66. The van der Waals surface area contributed by atoms with Crippen LogP contribution in [0.2, 0.25) is 5.02 Å². The van der Waals surface area contributed by atoms with Gasteiger partial charge in [-0.2, -0.15) is 0 Å². The van der Waals surface area contributed by atoms with Crippen LogP contribution in [-0.4, -0.2) is 29.4 Å². The Morgan fingerprint density at radius 1 is 1.45 bits per heavy atom. The molecule has 1 atom stereocenters. The van der Waals surface area contributed by atoms with Crippen LogP contribution in [0.15, 0.2) is 12.1 Å². The van der Waals surface area contributed by atoms with Gasteiger partial charge < -0.3 is 10.2 Å². The fourth-order valence-electron chi connectivity index (χ4n) is 2.58. The zero-order chi connectivity index (χ0) is 14.5. The minimum absolute atomic E-state index is 0.216. The molecule has 1 fully saturated rings. The first kappa shape index (κ1) is 15.1. The molecule has 110 valence electrons. The van der Waals surface area contributed by atoms with E-state index in [1.807, 2.05) is 24.1 Å². The molecule has 1 amide bonds. The van der Waals surface area contributed by atoms with Gasteiger partial charge in [-0.15, -0.1) is 0 Å². The van der Waals surface area contributed by atoms with Crippen molar-refractivity contribution in [1.29, 1.82) is 0 Å². The number of amides is 1. The van der Waals surface area contributed by atoms with Gasteiger partial charge in [0.15, 0.2) is 0 Å². The van der Waals surface area contributed by atoms with Crippen molar-refractivity contribution in [1.82, 2.24) is 9.88 Å². The zero-order valence-electron chi connectivity index (χ0n) is 12.2. The van der Waals surface area contributed by atoms with E-state index in [9.17, 15) is 4.79 Å². The second-order valence-corrected chi connectivity index (χ2v) is 5.70. The number of carbonyl (C=O) groups is 1. The summed E-state index contributed by atoms with van der Waals surface area (Å²) < 4.78 is 0. The standard InChI is InChI=1S/C15H22ClN3O/c1-3-11-4-7-15(20)19(9-8-11)10-13-12(16)5-6-14(17-2)18-13/h5-6,11H,3-4,7-10H2,1-2H3,(H,17,18). The molecule has 1 saturated heterocycles. The Labute approximate surface area is 125 Å². The van der Waals surface area contributed by atoms with E-state index in [1.54, 1.807) is 0 Å². The largest absolute Gasteiger partial charge is 0.373 e. The second-order valence-electron chi connectivity index (χ2n) is 5.29. The molecule has 0 radical (unpaired) electrons. The molecule has 1 aromatic rings. The predicted molar refractivity (Wildman–Crippen MR) is 81.8 cm³/mol. The Kier molecular flexibility index (Phi) is 5.24. The first-order valence-corrected chi connectivity index (χ1v) is 7.62. The first-order valence-electron chi connectivity index (χ1n) is 7.25. The lowest BCUT2D eigenvalue weighted by Crippen LogP contribution is -2.30. The number of hydrogen-bond donors (Lipinski definition) is 1. The number of nitrogens with zero attached hydrogens (tertiary/aromatic N) is 2. The molecular weight excluding hydrogens is 274 g/mol. The van der Waals surface area contributed by atoms with Gasteiger partial charge in [0, 0.05) is 20.0 Å². The van der Waals surface area contributed by atoms with E-state index in [4.69, 9.17) is 11.6 Å². The first-order chi connectivity index (χ1) is 9.63. The third kappa shape index (κ3) is 3.63. The third-order valence-corrected chi connectivity index (χ3v) is 4.36. The highest BCUT2D eigenvalue weighted by Crippen LogP contribution is 2.24. The number of likely N-dealkylation sites (tertiary alicyclic amines) is 1. The second kappa shape index (κ2) is 6.93. The number of anilines is 1. The molecule has 1 N–H and O–H groups in total. The van der Waals surface area contributed by atoms with E-state index < -0.39 is 0 Å². The van der Waals surface area contributed by atoms with E-state index in [-0.39, 0.29) is 5.91 Å². The molecular formula is C15H22ClN3O. The predicted octanol–water partition coefficient (Wildman–Crippen LogP) is 3.32. The number of carbonyl (C=O) groups excluding carboxylic acids is 1. The molecule has 0 aliphatic carbocycles. The number of aromatic nitrogens is 1. The molecule has 5 heteroatoms. The monoisotopic (exact) mass is 295 g/mol. The maximum atomic E-state index is 12.2. The fraction of sp³-hybridized carbons (Fsp3) is 0.600. The third-order valence-electron chi connectivity index (χ3n) is 4.02. The fourth-order valence-corrected chi connectivity index (χ4v) is 2.75. The van der Waals surface area contributed by atoms with Crippen LogP contribution >= 0.6 is 11.6 Å². The van der Waals surface area contributed by atoms with Crippen LogP contribution in [0.3, 0.4) is 0 Å². The minimum Gasteiger partial charge on any atom is -0.373 e. The van der Waals surface area contributed by atoms with Gasteiger partial charge in [0.05, 0.1) is 17.3 Å². The number of halogens is 1. The van der Waals surface area contributed by atoms with Crippen LogP contribution in [0.5, 0.6) is 0 Å². The van der Waals surface area contributed by atoms with Crippen LogP contribution in [0.4, 0.5) is 5.82 Å². The summed E-state index contributed by atoms with van der Waals surface area (Å²) in [4.78, 5) is 18.5. The van der Waals surface area contributed by atoms with Crippen LogP contribution in [0.25, 0.3) is 0 Å². The van der Waals surface area contributed by atoms with Crippen molar-refractivity contribution in [3.8, 4) is 0 Å². The Morgan fingerprint density at radius 2 is 2.25 bits per heavy atom. The van der Waals surface area contributed by atoms with Crippen molar-refractivity contribution >= 4 is 23.3 Å². The van der Waals surface area contributed by atoms with Crippen molar-refractivity contribution < 1.29 is 4.79 Å². The lowest BCUT2D eigenvalue weighted by Gasteiger charge is -2.21. The number of nitrogens with one attached hydrogen (secondary N) is 1. The van der Waals surface area contributed by atoms with Gasteiger partial charge in [0.25, 0.3) is 0 Å². The molecule has 1 aromatic heterocycles. The molecule has 2 rings (SSSR count). The molecule has 2 heterocycles. The summed E-state index contributed by atoms with van der Waals surface area (Å²) >= 11 is 6.19. The smallest absolute Gasteiger partial charge is 0.222 e. The van der Waals surface area contributed by atoms with Gasteiger partial charge in [-0.3, -0.25) is 4.79 Å². The average Bonchev–Trinajstić information content (AvgIpc) is 2.64. The Balaban J connectivity index is 2.10. The van der Waals surface area contributed by atoms with Gasteiger partial charge in [-0.05, 0) is 30.9 Å². The minimum atomic E-state index is 0.216. The maximum Gasteiger partial charge on any atom is 0.222 e.